The summed E-state index contributed by atoms with van der Waals surface area (Å²) in [4.78, 5) is 22.4. The van der Waals surface area contributed by atoms with E-state index in [1.165, 1.54) is 0 Å². The van der Waals surface area contributed by atoms with Gasteiger partial charge in [0.15, 0.2) is 0 Å². The highest BCUT2D eigenvalue weighted by atomic mass is 16.5. The number of carbonyl (C=O) groups excluding carboxylic acids is 1. The Morgan fingerprint density at radius 2 is 2.16 bits per heavy atom. The molecule has 3 unspecified atom stereocenters. The molecule has 0 saturated carbocycles. The number of carboxylic acid groups (broad SMARTS) is 1. The van der Waals surface area contributed by atoms with Crippen LogP contribution < -0.4 is 5.32 Å². The van der Waals surface area contributed by atoms with E-state index in [0.717, 1.165) is 19.3 Å². The zero-order chi connectivity index (χ0) is 14.3. The largest absolute Gasteiger partial charge is 0.481 e. The smallest absolute Gasteiger partial charge is 0.303 e. The van der Waals surface area contributed by atoms with E-state index in [1.807, 2.05) is 13.8 Å². The molecule has 0 aliphatic carbocycles. The Kier molecular flexibility index (Phi) is 6.84. The minimum Gasteiger partial charge on any atom is -0.481 e. The maximum absolute atomic E-state index is 12.0. The number of rotatable bonds is 8. The van der Waals surface area contributed by atoms with Gasteiger partial charge in [-0.2, -0.15) is 0 Å². The van der Waals surface area contributed by atoms with Crippen molar-refractivity contribution in [3.05, 3.63) is 0 Å². The molecule has 110 valence electrons. The third kappa shape index (κ3) is 5.59. The van der Waals surface area contributed by atoms with Gasteiger partial charge < -0.3 is 15.2 Å². The average molecular weight is 271 g/mol. The van der Waals surface area contributed by atoms with Crippen molar-refractivity contribution < 1.29 is 19.4 Å². The lowest BCUT2D eigenvalue weighted by atomic mass is 9.98. The van der Waals surface area contributed by atoms with Crippen LogP contribution >= 0.6 is 0 Å². The van der Waals surface area contributed by atoms with Crippen LogP contribution in [-0.2, 0) is 14.3 Å². The maximum atomic E-state index is 12.0. The van der Waals surface area contributed by atoms with Gasteiger partial charge in [-0.15, -0.1) is 0 Å². The van der Waals surface area contributed by atoms with Crippen LogP contribution in [-0.4, -0.2) is 36.2 Å². The summed E-state index contributed by atoms with van der Waals surface area (Å²) in [5.41, 5.74) is 0. The third-order valence-corrected chi connectivity index (χ3v) is 3.74. The van der Waals surface area contributed by atoms with E-state index in [1.54, 1.807) is 0 Å². The van der Waals surface area contributed by atoms with E-state index in [4.69, 9.17) is 9.84 Å². The number of carboxylic acids is 1. The van der Waals surface area contributed by atoms with E-state index in [0.29, 0.717) is 25.5 Å². The van der Waals surface area contributed by atoms with Crippen LogP contribution in [0.3, 0.4) is 0 Å². The van der Waals surface area contributed by atoms with E-state index in [2.05, 4.69) is 5.32 Å². The standard InChI is InChI=1S/C14H25NO4/c1-3-12-11(7-9-19-12)14(18)15-8-6-10(2)4-5-13(16)17/h10-12H,3-9H2,1-2H3,(H,15,18)(H,16,17). The zero-order valence-corrected chi connectivity index (χ0v) is 11.9. The second-order valence-corrected chi connectivity index (χ2v) is 5.33. The summed E-state index contributed by atoms with van der Waals surface area (Å²) in [6.07, 6.45) is 3.42. The van der Waals surface area contributed by atoms with Crippen LogP contribution in [0.2, 0.25) is 0 Å². The summed E-state index contributed by atoms with van der Waals surface area (Å²) in [5.74, 6) is -0.378. The predicted octanol–water partition coefficient (Wildman–Crippen LogP) is 1.81. The molecule has 0 aromatic heterocycles. The first-order chi connectivity index (χ1) is 9.04. The van der Waals surface area contributed by atoms with Gasteiger partial charge >= 0.3 is 5.97 Å². The molecule has 1 saturated heterocycles. The van der Waals surface area contributed by atoms with Crippen molar-refractivity contribution in [2.45, 2.75) is 52.1 Å². The highest BCUT2D eigenvalue weighted by Crippen LogP contribution is 2.23. The van der Waals surface area contributed by atoms with Gasteiger partial charge in [0.05, 0.1) is 12.0 Å². The Bertz CT molecular complexity index is 306. The minimum absolute atomic E-state index is 0.0145. The average Bonchev–Trinajstić information content (AvgIpc) is 2.84. The molecule has 0 aromatic carbocycles. The van der Waals surface area contributed by atoms with Gasteiger partial charge in [0, 0.05) is 19.6 Å². The Morgan fingerprint density at radius 3 is 2.79 bits per heavy atom. The molecule has 1 rings (SSSR count). The van der Waals surface area contributed by atoms with Crippen LogP contribution in [0.5, 0.6) is 0 Å². The summed E-state index contributed by atoms with van der Waals surface area (Å²) in [7, 11) is 0. The minimum atomic E-state index is -0.759. The molecule has 5 nitrogen and oxygen atoms in total. The number of ether oxygens (including phenoxy) is 1. The van der Waals surface area contributed by atoms with Crippen molar-refractivity contribution in [2.75, 3.05) is 13.2 Å². The van der Waals surface area contributed by atoms with E-state index < -0.39 is 5.97 Å². The topological polar surface area (TPSA) is 75.6 Å². The number of carbonyl (C=O) groups is 2. The second-order valence-electron chi connectivity index (χ2n) is 5.33. The molecule has 1 aliphatic heterocycles. The SMILES string of the molecule is CCC1OCCC1C(=O)NCCC(C)CCC(=O)O. The first-order valence-electron chi connectivity index (χ1n) is 7.15. The lowest BCUT2D eigenvalue weighted by Gasteiger charge is -2.17. The molecule has 1 fully saturated rings. The molecule has 0 bridgehead atoms. The number of hydrogen-bond donors (Lipinski definition) is 2. The van der Waals surface area contributed by atoms with Crippen molar-refractivity contribution >= 4 is 11.9 Å². The van der Waals surface area contributed by atoms with Gasteiger partial charge in [-0.25, -0.2) is 0 Å². The quantitative estimate of drug-likeness (QED) is 0.706. The van der Waals surface area contributed by atoms with Crippen LogP contribution in [0.25, 0.3) is 0 Å². The highest BCUT2D eigenvalue weighted by molar-refractivity contribution is 5.79. The van der Waals surface area contributed by atoms with E-state index in [-0.39, 0.29) is 24.3 Å². The van der Waals surface area contributed by atoms with Gasteiger partial charge in [-0.3, -0.25) is 9.59 Å². The Labute approximate surface area is 114 Å². The van der Waals surface area contributed by atoms with Gasteiger partial charge in [0.25, 0.3) is 0 Å². The molecule has 0 radical (unpaired) electrons. The number of nitrogens with one attached hydrogen (secondary N) is 1. The maximum Gasteiger partial charge on any atom is 0.303 e. The molecule has 0 aromatic rings. The summed E-state index contributed by atoms with van der Waals surface area (Å²) >= 11 is 0. The number of aliphatic carboxylic acids is 1. The molecule has 2 N–H and O–H groups in total. The van der Waals surface area contributed by atoms with Crippen molar-refractivity contribution in [3.63, 3.8) is 0 Å². The highest BCUT2D eigenvalue weighted by Gasteiger charge is 2.32. The van der Waals surface area contributed by atoms with Crippen molar-refractivity contribution in [1.29, 1.82) is 0 Å². The van der Waals surface area contributed by atoms with Gasteiger partial charge in [0.1, 0.15) is 0 Å². The van der Waals surface area contributed by atoms with Gasteiger partial charge in [-0.1, -0.05) is 13.8 Å². The van der Waals surface area contributed by atoms with Crippen molar-refractivity contribution in [3.8, 4) is 0 Å². The Morgan fingerprint density at radius 1 is 1.42 bits per heavy atom. The van der Waals surface area contributed by atoms with Crippen LogP contribution in [0, 0.1) is 11.8 Å². The fourth-order valence-electron chi connectivity index (χ4n) is 2.44. The molecule has 19 heavy (non-hydrogen) atoms. The van der Waals surface area contributed by atoms with Gasteiger partial charge in [0.2, 0.25) is 5.91 Å². The van der Waals surface area contributed by atoms with Crippen LogP contribution in [0.4, 0.5) is 0 Å². The molecular formula is C14H25NO4. The summed E-state index contributed by atoms with van der Waals surface area (Å²) in [6.45, 7) is 5.34. The van der Waals surface area contributed by atoms with Crippen LogP contribution in [0.15, 0.2) is 0 Å². The van der Waals surface area contributed by atoms with Crippen molar-refractivity contribution in [2.24, 2.45) is 11.8 Å². The Balaban J connectivity index is 2.18. The van der Waals surface area contributed by atoms with E-state index in [9.17, 15) is 9.59 Å². The zero-order valence-electron chi connectivity index (χ0n) is 11.9. The molecule has 5 heteroatoms. The molecule has 0 spiro atoms. The van der Waals surface area contributed by atoms with Gasteiger partial charge in [-0.05, 0) is 31.6 Å². The van der Waals surface area contributed by atoms with Crippen molar-refractivity contribution in [1.82, 2.24) is 5.32 Å². The molecule has 1 aliphatic rings. The summed E-state index contributed by atoms with van der Waals surface area (Å²) in [5, 5.41) is 11.5. The lowest BCUT2D eigenvalue weighted by Crippen LogP contribution is -2.36. The normalized spacial score (nSPS) is 24.1. The third-order valence-electron chi connectivity index (χ3n) is 3.74. The Hall–Kier alpha value is -1.10. The molecule has 3 atom stereocenters. The number of amides is 1. The summed E-state index contributed by atoms with van der Waals surface area (Å²) < 4.78 is 5.50. The lowest BCUT2D eigenvalue weighted by molar-refractivity contribution is -0.137. The second kappa shape index (κ2) is 8.15. The first kappa shape index (κ1) is 16.0. The molecular weight excluding hydrogens is 246 g/mol. The first-order valence-corrected chi connectivity index (χ1v) is 7.15. The fourth-order valence-corrected chi connectivity index (χ4v) is 2.44. The monoisotopic (exact) mass is 271 g/mol. The van der Waals surface area contributed by atoms with Crippen LogP contribution in [0.1, 0.15) is 46.0 Å². The predicted molar refractivity (Wildman–Crippen MR) is 71.8 cm³/mol. The number of hydrogen-bond acceptors (Lipinski definition) is 3. The fraction of sp³-hybridized carbons (Fsp3) is 0.857. The molecule has 1 heterocycles. The van der Waals surface area contributed by atoms with E-state index >= 15 is 0 Å². The summed E-state index contributed by atoms with van der Waals surface area (Å²) in [6, 6.07) is 0. The molecule has 1 amide bonds.